The van der Waals surface area contributed by atoms with Gasteiger partial charge in [0, 0.05) is 12.2 Å². The van der Waals surface area contributed by atoms with Gasteiger partial charge in [0.1, 0.15) is 6.04 Å². The summed E-state index contributed by atoms with van der Waals surface area (Å²) in [6, 6.07) is 8.12. The van der Waals surface area contributed by atoms with Crippen LogP contribution < -0.4 is 16.0 Å². The Morgan fingerprint density at radius 2 is 1.62 bits per heavy atom. The molecule has 0 aliphatic rings. The van der Waals surface area contributed by atoms with Gasteiger partial charge in [0.25, 0.3) is 0 Å². The van der Waals surface area contributed by atoms with Crippen LogP contribution in [-0.2, 0) is 9.59 Å². The van der Waals surface area contributed by atoms with Crippen molar-refractivity contribution in [2.75, 3.05) is 11.9 Å². The van der Waals surface area contributed by atoms with E-state index in [2.05, 4.69) is 16.0 Å². The average molecular weight is 364 g/mol. The van der Waals surface area contributed by atoms with E-state index in [4.69, 9.17) is 0 Å². The van der Waals surface area contributed by atoms with E-state index in [9.17, 15) is 14.7 Å². The lowest BCUT2D eigenvalue weighted by atomic mass is 9.99. The fraction of sp³-hybridized carbons (Fsp3) is 0.600. The molecule has 1 rings (SSSR count). The van der Waals surface area contributed by atoms with Crippen molar-refractivity contribution in [3.8, 4) is 0 Å². The summed E-state index contributed by atoms with van der Waals surface area (Å²) in [5.41, 5.74) is 0.702. The van der Waals surface area contributed by atoms with Gasteiger partial charge in [0.2, 0.25) is 11.8 Å². The summed E-state index contributed by atoms with van der Waals surface area (Å²) in [5.74, 6) is -0.166. The zero-order valence-electron chi connectivity index (χ0n) is 16.5. The predicted octanol–water partition coefficient (Wildman–Crippen LogP) is 2.15. The van der Waals surface area contributed by atoms with Crippen molar-refractivity contribution in [2.45, 2.75) is 59.2 Å². The third kappa shape index (κ3) is 7.97. The van der Waals surface area contributed by atoms with Gasteiger partial charge in [0.05, 0.1) is 12.1 Å². The second-order valence-electron chi connectivity index (χ2n) is 7.52. The molecule has 0 radical (unpaired) electrons. The molecule has 6 heteroatoms. The molecule has 6 nitrogen and oxygen atoms in total. The first-order valence-corrected chi connectivity index (χ1v) is 9.28. The highest BCUT2D eigenvalue weighted by Gasteiger charge is 2.28. The normalized spacial score (nSPS) is 14.8. The van der Waals surface area contributed by atoms with E-state index in [0.717, 1.165) is 0 Å². The molecule has 2 amide bonds. The number of anilines is 1. The van der Waals surface area contributed by atoms with E-state index in [0.29, 0.717) is 18.7 Å². The third-order valence-electron chi connectivity index (χ3n) is 3.96. The molecule has 146 valence electrons. The molecular formula is C20H33N3O3. The quantitative estimate of drug-likeness (QED) is 0.513. The van der Waals surface area contributed by atoms with Crippen molar-refractivity contribution in [3.05, 3.63) is 30.3 Å². The fourth-order valence-electron chi connectivity index (χ4n) is 2.64. The SMILES string of the molecule is CC(C)C[C@H](NC(=O)[C@@H](NCC(C)O)C(C)C)C(=O)Nc1ccccc1. The molecule has 1 aromatic carbocycles. The van der Waals surface area contributed by atoms with Gasteiger partial charge in [-0.1, -0.05) is 45.9 Å². The largest absolute Gasteiger partial charge is 0.392 e. The minimum absolute atomic E-state index is 0.0330. The lowest BCUT2D eigenvalue weighted by Gasteiger charge is -2.26. The monoisotopic (exact) mass is 363 g/mol. The predicted molar refractivity (Wildman–Crippen MR) is 105 cm³/mol. The van der Waals surface area contributed by atoms with E-state index in [1.165, 1.54) is 0 Å². The van der Waals surface area contributed by atoms with E-state index in [-0.39, 0.29) is 23.7 Å². The van der Waals surface area contributed by atoms with Crippen LogP contribution in [0.25, 0.3) is 0 Å². The minimum Gasteiger partial charge on any atom is -0.392 e. The van der Waals surface area contributed by atoms with Crippen molar-refractivity contribution in [1.82, 2.24) is 10.6 Å². The van der Waals surface area contributed by atoms with Gasteiger partial charge in [-0.2, -0.15) is 0 Å². The lowest BCUT2D eigenvalue weighted by molar-refractivity contribution is -0.129. The molecule has 0 spiro atoms. The van der Waals surface area contributed by atoms with E-state index in [1.54, 1.807) is 6.92 Å². The van der Waals surface area contributed by atoms with Gasteiger partial charge in [-0.15, -0.1) is 0 Å². The molecule has 1 unspecified atom stereocenters. The molecule has 1 aromatic rings. The average Bonchev–Trinajstić information content (AvgIpc) is 2.54. The number of para-hydroxylation sites is 1. The van der Waals surface area contributed by atoms with Gasteiger partial charge in [0.15, 0.2) is 0 Å². The molecule has 3 atom stereocenters. The molecule has 0 bridgehead atoms. The molecular weight excluding hydrogens is 330 g/mol. The lowest BCUT2D eigenvalue weighted by Crippen LogP contribution is -2.54. The van der Waals surface area contributed by atoms with E-state index >= 15 is 0 Å². The molecule has 0 aromatic heterocycles. The molecule has 0 saturated heterocycles. The number of carbonyl (C=O) groups excluding carboxylic acids is 2. The van der Waals surface area contributed by atoms with Crippen LogP contribution in [0.2, 0.25) is 0 Å². The van der Waals surface area contributed by atoms with Crippen LogP contribution >= 0.6 is 0 Å². The molecule has 4 N–H and O–H groups in total. The summed E-state index contributed by atoms with van der Waals surface area (Å²) in [7, 11) is 0. The van der Waals surface area contributed by atoms with Gasteiger partial charge in [-0.25, -0.2) is 0 Å². The standard InChI is InChI=1S/C20H33N3O3/c1-13(2)11-17(19(25)22-16-9-7-6-8-10-16)23-20(26)18(14(3)4)21-12-15(5)24/h6-10,13-15,17-18,21,24H,11-12H2,1-5H3,(H,22,25)(H,23,26)/t15?,17-,18-/m0/s1. The first-order valence-electron chi connectivity index (χ1n) is 9.28. The Labute approximate surface area is 156 Å². The van der Waals surface area contributed by atoms with Gasteiger partial charge in [-0.05, 0) is 37.3 Å². The summed E-state index contributed by atoms with van der Waals surface area (Å²) >= 11 is 0. The first kappa shape index (κ1) is 22.1. The maximum absolute atomic E-state index is 12.7. The van der Waals surface area contributed by atoms with Crippen LogP contribution in [0.15, 0.2) is 30.3 Å². The zero-order valence-corrected chi connectivity index (χ0v) is 16.5. The summed E-state index contributed by atoms with van der Waals surface area (Å²) in [4.78, 5) is 25.4. The van der Waals surface area contributed by atoms with E-state index in [1.807, 2.05) is 58.0 Å². The molecule has 0 aliphatic heterocycles. The van der Waals surface area contributed by atoms with Crippen LogP contribution in [-0.4, -0.2) is 41.7 Å². The van der Waals surface area contributed by atoms with Crippen molar-refractivity contribution < 1.29 is 14.7 Å². The van der Waals surface area contributed by atoms with Crippen molar-refractivity contribution in [1.29, 1.82) is 0 Å². The Kier molecular flexibility index (Phi) is 9.30. The fourth-order valence-corrected chi connectivity index (χ4v) is 2.64. The van der Waals surface area contributed by atoms with Gasteiger partial charge >= 0.3 is 0 Å². The van der Waals surface area contributed by atoms with E-state index < -0.39 is 18.2 Å². The summed E-state index contributed by atoms with van der Waals surface area (Å²) < 4.78 is 0. The van der Waals surface area contributed by atoms with Crippen molar-refractivity contribution >= 4 is 17.5 Å². The Morgan fingerprint density at radius 3 is 2.12 bits per heavy atom. The molecule has 0 fully saturated rings. The number of rotatable bonds is 10. The van der Waals surface area contributed by atoms with Crippen molar-refractivity contribution in [3.63, 3.8) is 0 Å². The Morgan fingerprint density at radius 1 is 1.00 bits per heavy atom. The number of amides is 2. The maximum atomic E-state index is 12.7. The highest BCUT2D eigenvalue weighted by atomic mass is 16.3. The van der Waals surface area contributed by atoms with Crippen LogP contribution in [0.5, 0.6) is 0 Å². The number of hydrogen-bond acceptors (Lipinski definition) is 4. The molecule has 26 heavy (non-hydrogen) atoms. The van der Waals surface area contributed by atoms with Crippen LogP contribution in [0.3, 0.4) is 0 Å². The number of nitrogens with one attached hydrogen (secondary N) is 3. The zero-order chi connectivity index (χ0) is 19.7. The molecule has 0 saturated carbocycles. The Balaban J connectivity index is 2.80. The molecule has 0 heterocycles. The summed E-state index contributed by atoms with van der Waals surface area (Å²) in [6.07, 6.45) is 0.00270. The number of benzene rings is 1. The highest BCUT2D eigenvalue weighted by molar-refractivity contribution is 5.97. The van der Waals surface area contributed by atoms with Crippen LogP contribution in [0, 0.1) is 11.8 Å². The van der Waals surface area contributed by atoms with Gasteiger partial charge < -0.3 is 21.1 Å². The number of aliphatic hydroxyl groups is 1. The Bertz CT molecular complexity index is 559. The maximum Gasteiger partial charge on any atom is 0.246 e. The Hall–Kier alpha value is -1.92. The summed E-state index contributed by atoms with van der Waals surface area (Å²) in [5, 5.41) is 18.3. The number of aliphatic hydroxyl groups excluding tert-OH is 1. The minimum atomic E-state index is -0.614. The summed E-state index contributed by atoms with van der Waals surface area (Å²) in [6.45, 7) is 9.88. The second-order valence-corrected chi connectivity index (χ2v) is 7.52. The molecule has 0 aliphatic carbocycles. The first-order chi connectivity index (χ1) is 12.2. The van der Waals surface area contributed by atoms with Gasteiger partial charge in [-0.3, -0.25) is 9.59 Å². The second kappa shape index (κ2) is 10.9. The van der Waals surface area contributed by atoms with Crippen LogP contribution in [0.4, 0.5) is 5.69 Å². The third-order valence-corrected chi connectivity index (χ3v) is 3.96. The topological polar surface area (TPSA) is 90.5 Å². The smallest absolute Gasteiger partial charge is 0.246 e. The van der Waals surface area contributed by atoms with Crippen molar-refractivity contribution in [2.24, 2.45) is 11.8 Å². The highest BCUT2D eigenvalue weighted by Crippen LogP contribution is 2.11. The van der Waals surface area contributed by atoms with Crippen LogP contribution in [0.1, 0.15) is 41.0 Å². The number of carbonyl (C=O) groups is 2. The number of hydrogen-bond donors (Lipinski definition) is 4.